The van der Waals surface area contributed by atoms with Gasteiger partial charge in [0, 0.05) is 31.1 Å². The molecule has 5 heteroatoms. The van der Waals surface area contributed by atoms with E-state index in [9.17, 15) is 4.79 Å². The Morgan fingerprint density at radius 3 is 2.95 bits per heavy atom. The van der Waals surface area contributed by atoms with Gasteiger partial charge >= 0.3 is 0 Å². The maximum absolute atomic E-state index is 12.0. The lowest BCUT2D eigenvalue weighted by atomic mass is 10.3. The molecule has 1 amide bonds. The SMILES string of the molecule is CC1CN(CC(=O)Nc2ccc(N)cc2)CCCO1. The van der Waals surface area contributed by atoms with E-state index in [0.29, 0.717) is 12.2 Å². The second-order valence-electron chi connectivity index (χ2n) is 4.94. The quantitative estimate of drug-likeness (QED) is 0.807. The van der Waals surface area contributed by atoms with E-state index in [1.165, 1.54) is 0 Å². The molecule has 1 unspecified atom stereocenters. The number of nitrogens with one attached hydrogen (secondary N) is 1. The van der Waals surface area contributed by atoms with Crippen LogP contribution in [0.4, 0.5) is 11.4 Å². The zero-order chi connectivity index (χ0) is 13.7. The third kappa shape index (κ3) is 4.54. The monoisotopic (exact) mass is 263 g/mol. The third-order valence-electron chi connectivity index (χ3n) is 3.10. The van der Waals surface area contributed by atoms with Crippen molar-refractivity contribution in [3.05, 3.63) is 24.3 Å². The highest BCUT2D eigenvalue weighted by Crippen LogP contribution is 2.11. The molecule has 0 aliphatic carbocycles. The molecule has 0 radical (unpaired) electrons. The third-order valence-corrected chi connectivity index (χ3v) is 3.10. The van der Waals surface area contributed by atoms with Crippen LogP contribution in [-0.4, -0.2) is 43.2 Å². The van der Waals surface area contributed by atoms with E-state index >= 15 is 0 Å². The van der Waals surface area contributed by atoms with Crippen LogP contribution < -0.4 is 11.1 Å². The number of anilines is 2. The van der Waals surface area contributed by atoms with Gasteiger partial charge in [-0.05, 0) is 37.6 Å². The summed E-state index contributed by atoms with van der Waals surface area (Å²) in [5.74, 6) is -0.00104. The maximum atomic E-state index is 12.0. The van der Waals surface area contributed by atoms with Crippen molar-refractivity contribution in [3.8, 4) is 0 Å². The Kier molecular flexibility index (Phi) is 4.76. The average molecular weight is 263 g/mol. The number of benzene rings is 1. The minimum Gasteiger partial charge on any atom is -0.399 e. The van der Waals surface area contributed by atoms with Crippen LogP contribution in [-0.2, 0) is 9.53 Å². The van der Waals surface area contributed by atoms with Crippen molar-refractivity contribution in [2.45, 2.75) is 19.4 Å². The van der Waals surface area contributed by atoms with E-state index < -0.39 is 0 Å². The lowest BCUT2D eigenvalue weighted by molar-refractivity contribution is -0.117. The molecule has 0 aromatic heterocycles. The summed E-state index contributed by atoms with van der Waals surface area (Å²) < 4.78 is 5.56. The van der Waals surface area contributed by atoms with Gasteiger partial charge in [0.2, 0.25) is 5.91 Å². The van der Waals surface area contributed by atoms with Crippen LogP contribution in [0.25, 0.3) is 0 Å². The molecule has 1 aliphatic rings. The highest BCUT2D eigenvalue weighted by molar-refractivity contribution is 5.92. The van der Waals surface area contributed by atoms with Gasteiger partial charge in [-0.2, -0.15) is 0 Å². The first-order valence-corrected chi connectivity index (χ1v) is 6.63. The summed E-state index contributed by atoms with van der Waals surface area (Å²) in [6, 6.07) is 7.16. The van der Waals surface area contributed by atoms with Crippen LogP contribution >= 0.6 is 0 Å². The Morgan fingerprint density at radius 1 is 1.47 bits per heavy atom. The second kappa shape index (κ2) is 6.54. The number of hydrogen-bond donors (Lipinski definition) is 2. The highest BCUT2D eigenvalue weighted by atomic mass is 16.5. The molecule has 2 rings (SSSR count). The Bertz CT molecular complexity index is 419. The number of nitrogen functional groups attached to an aromatic ring is 1. The first kappa shape index (κ1) is 13.8. The Hall–Kier alpha value is -1.59. The molecule has 1 aromatic carbocycles. The number of amides is 1. The van der Waals surface area contributed by atoms with E-state index in [2.05, 4.69) is 10.2 Å². The number of ether oxygens (including phenoxy) is 1. The molecular weight excluding hydrogens is 242 g/mol. The van der Waals surface area contributed by atoms with Crippen molar-refractivity contribution < 1.29 is 9.53 Å². The second-order valence-corrected chi connectivity index (χ2v) is 4.94. The fraction of sp³-hybridized carbons (Fsp3) is 0.500. The van der Waals surface area contributed by atoms with Crippen LogP contribution in [0.3, 0.4) is 0 Å². The van der Waals surface area contributed by atoms with Gasteiger partial charge in [-0.15, -0.1) is 0 Å². The molecule has 19 heavy (non-hydrogen) atoms. The zero-order valence-electron chi connectivity index (χ0n) is 11.3. The van der Waals surface area contributed by atoms with E-state index in [1.54, 1.807) is 24.3 Å². The van der Waals surface area contributed by atoms with Crippen molar-refractivity contribution in [2.75, 3.05) is 37.3 Å². The van der Waals surface area contributed by atoms with Crippen LogP contribution in [0.1, 0.15) is 13.3 Å². The molecule has 1 saturated heterocycles. The largest absolute Gasteiger partial charge is 0.399 e. The van der Waals surface area contributed by atoms with Crippen molar-refractivity contribution in [1.82, 2.24) is 4.90 Å². The molecule has 0 saturated carbocycles. The predicted molar refractivity (Wildman–Crippen MR) is 76.0 cm³/mol. The van der Waals surface area contributed by atoms with E-state index in [1.807, 2.05) is 6.92 Å². The molecular formula is C14H21N3O2. The lowest BCUT2D eigenvalue weighted by Gasteiger charge is -2.21. The first-order valence-electron chi connectivity index (χ1n) is 6.63. The number of nitrogens with zero attached hydrogens (tertiary/aromatic N) is 1. The van der Waals surface area contributed by atoms with Gasteiger partial charge in [0.05, 0.1) is 12.6 Å². The van der Waals surface area contributed by atoms with E-state index in [4.69, 9.17) is 10.5 Å². The van der Waals surface area contributed by atoms with E-state index in [-0.39, 0.29) is 12.0 Å². The summed E-state index contributed by atoms with van der Waals surface area (Å²) in [5, 5.41) is 2.87. The summed E-state index contributed by atoms with van der Waals surface area (Å²) >= 11 is 0. The fourth-order valence-electron chi connectivity index (χ4n) is 2.19. The molecule has 1 fully saturated rings. The van der Waals surface area contributed by atoms with Gasteiger partial charge in [-0.3, -0.25) is 9.69 Å². The van der Waals surface area contributed by atoms with Gasteiger partial charge in [0.1, 0.15) is 0 Å². The molecule has 0 spiro atoms. The Balaban J connectivity index is 1.84. The topological polar surface area (TPSA) is 67.6 Å². The van der Waals surface area contributed by atoms with Gasteiger partial charge in [-0.1, -0.05) is 0 Å². The standard InChI is InChI=1S/C14H21N3O2/c1-11-9-17(7-2-8-19-11)10-14(18)16-13-5-3-12(15)4-6-13/h3-6,11H,2,7-10,15H2,1H3,(H,16,18). The fourth-order valence-corrected chi connectivity index (χ4v) is 2.19. The molecule has 3 N–H and O–H groups in total. The molecule has 1 aliphatic heterocycles. The summed E-state index contributed by atoms with van der Waals surface area (Å²) in [4.78, 5) is 14.1. The summed E-state index contributed by atoms with van der Waals surface area (Å²) in [6.45, 7) is 4.92. The summed E-state index contributed by atoms with van der Waals surface area (Å²) in [5.41, 5.74) is 7.07. The van der Waals surface area contributed by atoms with Gasteiger partial charge < -0.3 is 15.8 Å². The molecule has 1 atom stereocenters. The normalized spacial score (nSPS) is 20.8. The van der Waals surface area contributed by atoms with Gasteiger partial charge in [-0.25, -0.2) is 0 Å². The Morgan fingerprint density at radius 2 is 2.21 bits per heavy atom. The van der Waals surface area contributed by atoms with Crippen LogP contribution in [0, 0.1) is 0 Å². The smallest absolute Gasteiger partial charge is 0.238 e. The number of carbonyl (C=O) groups is 1. The van der Waals surface area contributed by atoms with Crippen molar-refractivity contribution in [2.24, 2.45) is 0 Å². The lowest BCUT2D eigenvalue weighted by Crippen LogP contribution is -2.37. The summed E-state index contributed by atoms with van der Waals surface area (Å²) in [7, 11) is 0. The van der Waals surface area contributed by atoms with Crippen LogP contribution in [0.5, 0.6) is 0 Å². The van der Waals surface area contributed by atoms with Gasteiger partial charge in [0.15, 0.2) is 0 Å². The average Bonchev–Trinajstić information content (AvgIpc) is 2.56. The minimum absolute atomic E-state index is 0.00104. The van der Waals surface area contributed by atoms with E-state index in [0.717, 1.165) is 31.8 Å². The van der Waals surface area contributed by atoms with Crippen molar-refractivity contribution in [1.29, 1.82) is 0 Å². The van der Waals surface area contributed by atoms with Crippen LogP contribution in [0.2, 0.25) is 0 Å². The molecule has 1 aromatic rings. The van der Waals surface area contributed by atoms with Crippen molar-refractivity contribution >= 4 is 17.3 Å². The molecule has 0 bridgehead atoms. The number of hydrogen-bond acceptors (Lipinski definition) is 4. The maximum Gasteiger partial charge on any atom is 0.238 e. The van der Waals surface area contributed by atoms with Gasteiger partial charge in [0.25, 0.3) is 0 Å². The summed E-state index contributed by atoms with van der Waals surface area (Å²) in [6.07, 6.45) is 1.16. The van der Waals surface area contributed by atoms with Crippen LogP contribution in [0.15, 0.2) is 24.3 Å². The molecule has 1 heterocycles. The minimum atomic E-state index is -0.00104. The molecule has 104 valence electrons. The molecule has 5 nitrogen and oxygen atoms in total. The number of nitrogens with two attached hydrogens (primary N) is 1. The highest BCUT2D eigenvalue weighted by Gasteiger charge is 2.17. The number of carbonyl (C=O) groups excluding carboxylic acids is 1. The first-order chi connectivity index (χ1) is 9.13. The Labute approximate surface area is 113 Å². The van der Waals surface area contributed by atoms with Crippen molar-refractivity contribution in [3.63, 3.8) is 0 Å². The zero-order valence-corrected chi connectivity index (χ0v) is 11.3. The number of rotatable bonds is 3. The predicted octanol–water partition coefficient (Wildman–Crippen LogP) is 1.32.